The molecule has 132 valence electrons. The Morgan fingerprint density at radius 1 is 1.19 bits per heavy atom. The Kier molecular flexibility index (Phi) is 4.90. The van der Waals surface area contributed by atoms with E-state index in [9.17, 15) is 13.6 Å². The lowest BCUT2D eigenvalue weighted by Crippen LogP contribution is -2.31. The third-order valence-corrected chi connectivity index (χ3v) is 4.82. The Bertz CT molecular complexity index is 967. The largest absolute Gasteiger partial charge is 0.352 e. The Morgan fingerprint density at radius 3 is 2.62 bits per heavy atom. The van der Waals surface area contributed by atoms with Crippen molar-refractivity contribution in [2.24, 2.45) is 0 Å². The second-order valence-electron chi connectivity index (χ2n) is 6.43. The minimum Gasteiger partial charge on any atom is -0.352 e. The lowest BCUT2D eigenvalue weighted by Gasteiger charge is -2.20. The van der Waals surface area contributed by atoms with E-state index in [2.05, 4.69) is 11.2 Å². The lowest BCUT2D eigenvalue weighted by molar-refractivity contribution is -0.118. The predicted molar refractivity (Wildman–Crippen MR) is 99.3 cm³/mol. The number of allylic oxidation sites excluding steroid dienone is 1. The van der Waals surface area contributed by atoms with Crippen molar-refractivity contribution in [3.8, 4) is 23.5 Å². The number of rotatable bonds is 2. The van der Waals surface area contributed by atoms with E-state index in [0.717, 1.165) is 46.4 Å². The highest BCUT2D eigenvalue weighted by Gasteiger charge is 2.20. The van der Waals surface area contributed by atoms with Gasteiger partial charge < -0.3 is 5.32 Å². The molecule has 0 aliphatic carbocycles. The minimum atomic E-state index is -0.906. The highest BCUT2D eigenvalue weighted by atomic mass is 19.2. The van der Waals surface area contributed by atoms with E-state index in [4.69, 9.17) is 6.42 Å². The molecule has 2 aromatic rings. The molecule has 0 spiro atoms. The Hall–Kier alpha value is -2.93. The van der Waals surface area contributed by atoms with Gasteiger partial charge in [-0.25, -0.2) is 8.78 Å². The molecule has 26 heavy (non-hydrogen) atoms. The number of terminal acetylenes is 1. The average Bonchev–Trinajstić information content (AvgIpc) is 2.64. The molecule has 1 aliphatic heterocycles. The van der Waals surface area contributed by atoms with Gasteiger partial charge in [-0.2, -0.15) is 0 Å². The summed E-state index contributed by atoms with van der Waals surface area (Å²) < 4.78 is 27.0. The molecule has 3 rings (SSSR count). The Morgan fingerprint density at radius 2 is 1.96 bits per heavy atom. The van der Waals surface area contributed by atoms with Crippen LogP contribution in [-0.4, -0.2) is 12.5 Å². The van der Waals surface area contributed by atoms with Crippen LogP contribution in [0.4, 0.5) is 8.78 Å². The van der Waals surface area contributed by atoms with Crippen LogP contribution >= 0.6 is 0 Å². The number of carbonyl (C=O) groups excluding carboxylic acids is 1. The van der Waals surface area contributed by atoms with Crippen LogP contribution in [0.15, 0.2) is 35.9 Å². The SMILES string of the molecule is C#Cc1cc(/C(C)=C2\CCCNC2=O)c(C)c(-c2ccc(F)c(F)c2)c1. The van der Waals surface area contributed by atoms with Gasteiger partial charge in [0.25, 0.3) is 0 Å². The number of nitrogens with one attached hydrogen (secondary N) is 1. The van der Waals surface area contributed by atoms with Gasteiger partial charge >= 0.3 is 0 Å². The fourth-order valence-electron chi connectivity index (χ4n) is 3.36. The number of amides is 1. The standard InChI is InChI=1S/C22H19F2NO/c1-4-15-10-18(13(2)17-6-5-9-25-22(17)26)14(3)19(11-15)16-7-8-20(23)21(24)12-16/h1,7-8,10-12H,5-6,9H2,2-3H3,(H,25,26)/b17-13+. The van der Waals surface area contributed by atoms with Crippen LogP contribution in [0.3, 0.4) is 0 Å². The van der Waals surface area contributed by atoms with Crippen LogP contribution in [0.2, 0.25) is 0 Å². The van der Waals surface area contributed by atoms with Crippen molar-refractivity contribution in [3.63, 3.8) is 0 Å². The Labute approximate surface area is 151 Å². The molecule has 4 heteroatoms. The van der Waals surface area contributed by atoms with Crippen LogP contribution < -0.4 is 5.32 Å². The number of hydrogen-bond acceptors (Lipinski definition) is 1. The summed E-state index contributed by atoms with van der Waals surface area (Å²) in [6, 6.07) is 7.44. The first-order valence-electron chi connectivity index (χ1n) is 8.47. The van der Waals surface area contributed by atoms with Crippen LogP contribution in [0.5, 0.6) is 0 Å². The summed E-state index contributed by atoms with van der Waals surface area (Å²) in [4.78, 5) is 12.2. The van der Waals surface area contributed by atoms with Gasteiger partial charge in [-0.15, -0.1) is 6.42 Å². The molecule has 0 atom stereocenters. The smallest absolute Gasteiger partial charge is 0.247 e. The number of piperidine rings is 1. The molecule has 1 N–H and O–H groups in total. The van der Waals surface area contributed by atoms with Crippen molar-refractivity contribution < 1.29 is 13.6 Å². The maximum absolute atomic E-state index is 13.7. The molecule has 0 bridgehead atoms. The second kappa shape index (κ2) is 7.13. The van der Waals surface area contributed by atoms with Gasteiger partial charge in [0, 0.05) is 17.7 Å². The molecular formula is C22H19F2NO. The summed E-state index contributed by atoms with van der Waals surface area (Å²) in [7, 11) is 0. The molecule has 1 amide bonds. The van der Waals surface area contributed by atoms with Crippen LogP contribution in [0.1, 0.15) is 36.5 Å². The van der Waals surface area contributed by atoms with E-state index in [1.807, 2.05) is 19.9 Å². The fourth-order valence-corrected chi connectivity index (χ4v) is 3.36. The average molecular weight is 351 g/mol. The highest BCUT2D eigenvalue weighted by Crippen LogP contribution is 2.34. The zero-order valence-electron chi connectivity index (χ0n) is 14.7. The third-order valence-electron chi connectivity index (χ3n) is 4.82. The topological polar surface area (TPSA) is 29.1 Å². The summed E-state index contributed by atoms with van der Waals surface area (Å²) in [6.45, 7) is 4.48. The second-order valence-corrected chi connectivity index (χ2v) is 6.43. The highest BCUT2D eigenvalue weighted by molar-refractivity contribution is 6.02. The van der Waals surface area contributed by atoms with Gasteiger partial charge in [-0.1, -0.05) is 12.0 Å². The molecule has 0 aromatic heterocycles. The van der Waals surface area contributed by atoms with Gasteiger partial charge in [0.1, 0.15) is 0 Å². The van der Waals surface area contributed by atoms with Crippen molar-refractivity contribution in [2.75, 3.05) is 6.54 Å². The van der Waals surface area contributed by atoms with Crippen molar-refractivity contribution in [3.05, 3.63) is 64.2 Å². The van der Waals surface area contributed by atoms with Crippen molar-refractivity contribution in [2.45, 2.75) is 26.7 Å². The molecule has 1 heterocycles. The van der Waals surface area contributed by atoms with Crippen molar-refractivity contribution in [1.29, 1.82) is 0 Å². The van der Waals surface area contributed by atoms with Gasteiger partial charge in [0.15, 0.2) is 11.6 Å². The minimum absolute atomic E-state index is 0.0614. The summed E-state index contributed by atoms with van der Waals surface area (Å²) in [5, 5.41) is 2.86. The van der Waals surface area contributed by atoms with Gasteiger partial charge in [-0.05, 0) is 78.8 Å². The fraction of sp³-hybridized carbons (Fsp3) is 0.227. The van der Waals surface area contributed by atoms with Crippen LogP contribution in [0.25, 0.3) is 16.7 Å². The van der Waals surface area contributed by atoms with Crippen molar-refractivity contribution in [1.82, 2.24) is 5.32 Å². The van der Waals surface area contributed by atoms with E-state index in [0.29, 0.717) is 24.1 Å². The summed E-state index contributed by atoms with van der Waals surface area (Å²) >= 11 is 0. The molecule has 0 saturated carbocycles. The summed E-state index contributed by atoms with van der Waals surface area (Å²) in [5.74, 6) is 0.749. The van der Waals surface area contributed by atoms with Crippen LogP contribution in [0, 0.1) is 30.9 Å². The van der Waals surface area contributed by atoms with Gasteiger partial charge in [0.2, 0.25) is 5.91 Å². The van der Waals surface area contributed by atoms with E-state index >= 15 is 0 Å². The summed E-state index contributed by atoms with van der Waals surface area (Å²) in [5.41, 5.74) is 5.23. The lowest BCUT2D eigenvalue weighted by atomic mass is 9.87. The van der Waals surface area contributed by atoms with E-state index in [1.165, 1.54) is 6.07 Å². The molecule has 1 fully saturated rings. The third kappa shape index (κ3) is 3.25. The molecule has 2 nitrogen and oxygen atoms in total. The van der Waals surface area contributed by atoms with E-state index in [1.54, 1.807) is 6.07 Å². The normalized spacial score (nSPS) is 16.0. The number of hydrogen-bond donors (Lipinski definition) is 1. The molecular weight excluding hydrogens is 332 g/mol. The number of carbonyl (C=O) groups is 1. The van der Waals surface area contributed by atoms with E-state index < -0.39 is 11.6 Å². The Balaban J connectivity index is 2.21. The number of benzene rings is 2. The number of halogens is 2. The summed E-state index contributed by atoms with van der Waals surface area (Å²) in [6.07, 6.45) is 7.19. The van der Waals surface area contributed by atoms with Gasteiger partial charge in [-0.3, -0.25) is 4.79 Å². The van der Waals surface area contributed by atoms with Crippen LogP contribution in [-0.2, 0) is 4.79 Å². The molecule has 1 aliphatic rings. The molecule has 0 radical (unpaired) electrons. The molecule has 0 unspecified atom stereocenters. The maximum Gasteiger partial charge on any atom is 0.247 e. The first-order valence-corrected chi connectivity index (χ1v) is 8.47. The monoisotopic (exact) mass is 351 g/mol. The zero-order valence-corrected chi connectivity index (χ0v) is 14.7. The molecule has 2 aromatic carbocycles. The first kappa shape index (κ1) is 17.9. The van der Waals surface area contributed by atoms with E-state index in [-0.39, 0.29) is 5.91 Å². The first-order chi connectivity index (χ1) is 12.4. The zero-order chi connectivity index (χ0) is 18.8. The quantitative estimate of drug-likeness (QED) is 0.621. The van der Waals surface area contributed by atoms with Gasteiger partial charge in [0.05, 0.1) is 0 Å². The molecule has 1 saturated heterocycles. The maximum atomic E-state index is 13.7. The van der Waals surface area contributed by atoms with Crippen molar-refractivity contribution >= 4 is 11.5 Å². The predicted octanol–water partition coefficient (Wildman–Crippen LogP) is 4.61.